The van der Waals surface area contributed by atoms with E-state index in [9.17, 15) is 4.79 Å². The minimum atomic E-state index is -0.336. The van der Waals surface area contributed by atoms with E-state index in [-0.39, 0.29) is 18.2 Å². The number of methoxy groups -OCH3 is 2. The maximum atomic E-state index is 10.9. The lowest BCUT2D eigenvalue weighted by Gasteiger charge is -2.02. The summed E-state index contributed by atoms with van der Waals surface area (Å²) in [6.45, 7) is 0. The van der Waals surface area contributed by atoms with Gasteiger partial charge in [0.2, 0.25) is 0 Å². The Morgan fingerprint density at radius 1 is 1.30 bits per heavy atom. The maximum absolute atomic E-state index is 10.9. The first-order valence-electron chi connectivity index (χ1n) is 6.77. The number of ether oxygens (including phenoxy) is 3. The molecule has 4 heteroatoms. The summed E-state index contributed by atoms with van der Waals surface area (Å²) in [7, 11) is 3.04. The molecule has 0 bridgehead atoms. The fourth-order valence-electron chi connectivity index (χ4n) is 2.10. The predicted molar refractivity (Wildman–Crippen MR) is 75.7 cm³/mol. The average Bonchev–Trinajstić information content (AvgIpc) is 3.24. The number of rotatable bonds is 7. The van der Waals surface area contributed by atoms with Crippen molar-refractivity contribution in [1.29, 1.82) is 0 Å². The van der Waals surface area contributed by atoms with Crippen LogP contribution in [-0.2, 0) is 20.7 Å². The molecule has 1 aromatic carbocycles. The van der Waals surface area contributed by atoms with Crippen molar-refractivity contribution in [1.82, 2.24) is 0 Å². The largest absolute Gasteiger partial charge is 0.497 e. The summed E-state index contributed by atoms with van der Waals surface area (Å²) in [4.78, 5) is 10.9. The molecule has 1 aliphatic heterocycles. The van der Waals surface area contributed by atoms with Crippen molar-refractivity contribution >= 4 is 5.97 Å². The molecule has 0 spiro atoms. The molecule has 4 nitrogen and oxygen atoms in total. The van der Waals surface area contributed by atoms with Gasteiger partial charge in [0.25, 0.3) is 0 Å². The standard InChI is InChI=1S/C16H20O4/c1-18-13-8-6-12(7-9-13)4-3-5-14-15(20-14)10-11-16(17)19-2/h6-11,14-15H,3-5H2,1-2H3/b11-10+/t14-,15-/m1/s1. The Morgan fingerprint density at radius 2 is 2.05 bits per heavy atom. The van der Waals surface area contributed by atoms with E-state index in [0.717, 1.165) is 25.0 Å². The van der Waals surface area contributed by atoms with Gasteiger partial charge in [0.05, 0.1) is 20.3 Å². The summed E-state index contributed by atoms with van der Waals surface area (Å²) in [5.41, 5.74) is 1.30. The van der Waals surface area contributed by atoms with Crippen molar-refractivity contribution in [2.75, 3.05) is 14.2 Å². The lowest BCUT2D eigenvalue weighted by Crippen LogP contribution is -1.97. The fourth-order valence-corrected chi connectivity index (χ4v) is 2.10. The van der Waals surface area contributed by atoms with Crippen molar-refractivity contribution < 1.29 is 19.0 Å². The minimum absolute atomic E-state index is 0.0740. The Morgan fingerprint density at radius 3 is 2.70 bits per heavy atom. The van der Waals surface area contributed by atoms with Crippen LogP contribution in [0.5, 0.6) is 5.75 Å². The van der Waals surface area contributed by atoms with E-state index in [4.69, 9.17) is 9.47 Å². The molecule has 20 heavy (non-hydrogen) atoms. The van der Waals surface area contributed by atoms with Crippen LogP contribution in [0.3, 0.4) is 0 Å². The molecule has 2 atom stereocenters. The summed E-state index contributed by atoms with van der Waals surface area (Å²) < 4.78 is 15.1. The maximum Gasteiger partial charge on any atom is 0.330 e. The van der Waals surface area contributed by atoms with Crippen LogP contribution < -0.4 is 4.74 Å². The number of hydrogen-bond acceptors (Lipinski definition) is 4. The van der Waals surface area contributed by atoms with Crippen molar-refractivity contribution in [3.63, 3.8) is 0 Å². The normalized spacial score (nSPS) is 20.9. The average molecular weight is 276 g/mol. The molecule has 0 aliphatic carbocycles. The molecule has 1 fully saturated rings. The quantitative estimate of drug-likeness (QED) is 0.436. The van der Waals surface area contributed by atoms with Crippen LogP contribution in [0.4, 0.5) is 0 Å². The highest BCUT2D eigenvalue weighted by Gasteiger charge is 2.35. The summed E-state index contributed by atoms with van der Waals surface area (Å²) in [6, 6.07) is 8.12. The number of benzene rings is 1. The summed E-state index contributed by atoms with van der Waals surface area (Å²) in [5.74, 6) is 0.546. The van der Waals surface area contributed by atoms with Crippen LogP contribution in [0.25, 0.3) is 0 Å². The van der Waals surface area contributed by atoms with Gasteiger partial charge in [0, 0.05) is 6.08 Å². The first-order valence-corrected chi connectivity index (χ1v) is 6.77. The van der Waals surface area contributed by atoms with Gasteiger partial charge in [-0.05, 0) is 43.0 Å². The number of epoxide rings is 1. The third kappa shape index (κ3) is 4.38. The molecule has 1 saturated heterocycles. The van der Waals surface area contributed by atoms with E-state index in [1.165, 1.54) is 18.7 Å². The van der Waals surface area contributed by atoms with E-state index in [2.05, 4.69) is 16.9 Å². The van der Waals surface area contributed by atoms with Crippen LogP contribution >= 0.6 is 0 Å². The van der Waals surface area contributed by atoms with Gasteiger partial charge < -0.3 is 14.2 Å². The third-order valence-electron chi connectivity index (χ3n) is 3.36. The topological polar surface area (TPSA) is 48.1 Å². The molecule has 0 unspecified atom stereocenters. The number of hydrogen-bond donors (Lipinski definition) is 0. The Hall–Kier alpha value is -1.81. The van der Waals surface area contributed by atoms with E-state index in [1.807, 2.05) is 12.1 Å². The zero-order valence-electron chi connectivity index (χ0n) is 11.9. The van der Waals surface area contributed by atoms with Gasteiger partial charge in [-0.3, -0.25) is 0 Å². The highest BCUT2D eigenvalue weighted by Crippen LogP contribution is 2.28. The fraction of sp³-hybridized carbons (Fsp3) is 0.438. The second-order valence-corrected chi connectivity index (χ2v) is 4.76. The van der Waals surface area contributed by atoms with Gasteiger partial charge >= 0.3 is 5.97 Å². The molecule has 1 heterocycles. The van der Waals surface area contributed by atoms with Crippen LogP contribution in [0.2, 0.25) is 0 Å². The van der Waals surface area contributed by atoms with Gasteiger partial charge in [0.15, 0.2) is 0 Å². The Labute approximate surface area is 119 Å². The van der Waals surface area contributed by atoms with Crippen LogP contribution in [0, 0.1) is 0 Å². The number of esters is 1. The molecule has 0 radical (unpaired) electrons. The van der Waals surface area contributed by atoms with Crippen molar-refractivity contribution in [2.24, 2.45) is 0 Å². The molecular weight excluding hydrogens is 256 g/mol. The highest BCUT2D eigenvalue weighted by atomic mass is 16.6. The van der Waals surface area contributed by atoms with Gasteiger partial charge in [0.1, 0.15) is 11.9 Å². The van der Waals surface area contributed by atoms with Gasteiger partial charge in [-0.2, -0.15) is 0 Å². The Balaban J connectivity index is 1.65. The van der Waals surface area contributed by atoms with Crippen molar-refractivity contribution in [3.05, 3.63) is 42.0 Å². The summed E-state index contributed by atoms with van der Waals surface area (Å²) in [5, 5.41) is 0. The zero-order chi connectivity index (χ0) is 14.4. The van der Waals surface area contributed by atoms with Crippen LogP contribution in [0.1, 0.15) is 18.4 Å². The number of carbonyl (C=O) groups excluding carboxylic acids is 1. The summed E-state index contributed by atoms with van der Waals surface area (Å²) in [6.07, 6.45) is 6.61. The van der Waals surface area contributed by atoms with Crippen LogP contribution in [-0.4, -0.2) is 32.4 Å². The van der Waals surface area contributed by atoms with Gasteiger partial charge in [-0.25, -0.2) is 4.79 Å². The molecule has 0 N–H and O–H groups in total. The molecule has 1 aliphatic rings. The van der Waals surface area contributed by atoms with Crippen LogP contribution in [0.15, 0.2) is 36.4 Å². The van der Waals surface area contributed by atoms with E-state index in [1.54, 1.807) is 13.2 Å². The van der Waals surface area contributed by atoms with E-state index >= 15 is 0 Å². The molecule has 2 rings (SSSR count). The zero-order valence-corrected chi connectivity index (χ0v) is 11.9. The number of aryl methyl sites for hydroxylation is 1. The Bertz CT molecular complexity index is 464. The van der Waals surface area contributed by atoms with Gasteiger partial charge in [-0.1, -0.05) is 12.1 Å². The lowest BCUT2D eigenvalue weighted by molar-refractivity contribution is -0.134. The van der Waals surface area contributed by atoms with Crippen molar-refractivity contribution in [2.45, 2.75) is 31.5 Å². The molecule has 0 saturated carbocycles. The SMILES string of the molecule is COC(=O)/C=C/[C@H]1O[C@@H]1CCCc1ccc(OC)cc1. The van der Waals surface area contributed by atoms with Crippen molar-refractivity contribution in [3.8, 4) is 5.75 Å². The minimum Gasteiger partial charge on any atom is -0.497 e. The molecule has 0 aromatic heterocycles. The second-order valence-electron chi connectivity index (χ2n) is 4.76. The first kappa shape index (κ1) is 14.6. The lowest BCUT2D eigenvalue weighted by atomic mass is 10.1. The molecule has 0 amide bonds. The van der Waals surface area contributed by atoms with Gasteiger partial charge in [-0.15, -0.1) is 0 Å². The molecule has 108 valence electrons. The first-order chi connectivity index (χ1) is 9.72. The van der Waals surface area contributed by atoms with E-state index in [0.29, 0.717) is 0 Å². The smallest absolute Gasteiger partial charge is 0.330 e. The second kappa shape index (κ2) is 7.10. The number of carbonyl (C=O) groups is 1. The third-order valence-corrected chi connectivity index (χ3v) is 3.36. The highest BCUT2D eigenvalue weighted by molar-refractivity contribution is 5.81. The molecule has 1 aromatic rings. The molecular formula is C16H20O4. The summed E-state index contributed by atoms with van der Waals surface area (Å²) >= 11 is 0. The monoisotopic (exact) mass is 276 g/mol. The predicted octanol–water partition coefficient (Wildman–Crippen LogP) is 2.51. The van der Waals surface area contributed by atoms with E-state index < -0.39 is 0 Å². The Kier molecular flexibility index (Phi) is 5.18.